The van der Waals surface area contributed by atoms with Crippen molar-refractivity contribution in [1.29, 1.82) is 5.26 Å². The Bertz CT molecular complexity index is 843. The molecule has 0 aromatic carbocycles. The number of alkyl halides is 3. The first-order chi connectivity index (χ1) is 12.3. The molecule has 0 bridgehead atoms. The fourth-order valence-corrected chi connectivity index (χ4v) is 3.03. The Morgan fingerprint density at radius 1 is 1.31 bits per heavy atom. The van der Waals surface area contributed by atoms with Gasteiger partial charge in [0.05, 0.1) is 29.1 Å². The number of halogens is 3. The van der Waals surface area contributed by atoms with E-state index in [-0.39, 0.29) is 12.0 Å². The molecule has 3 heterocycles. The Morgan fingerprint density at radius 3 is 2.69 bits per heavy atom. The number of ether oxygens (including phenoxy) is 1. The second kappa shape index (κ2) is 6.83. The van der Waals surface area contributed by atoms with Crippen LogP contribution in [0.1, 0.15) is 28.9 Å². The number of aryl methyl sites for hydroxylation is 2. The topological polar surface area (TPSA) is 62.0 Å². The fraction of sp³-hybridized carbons (Fsp3) is 0.389. The second-order valence-electron chi connectivity index (χ2n) is 6.21. The summed E-state index contributed by atoms with van der Waals surface area (Å²) < 4.78 is 43.5. The Balaban J connectivity index is 1.71. The zero-order chi connectivity index (χ0) is 18.9. The quantitative estimate of drug-likeness (QED) is 0.834. The van der Waals surface area contributed by atoms with Gasteiger partial charge in [-0.3, -0.25) is 4.98 Å². The minimum absolute atomic E-state index is 0.160. The number of pyridine rings is 2. The maximum absolute atomic E-state index is 12.6. The van der Waals surface area contributed by atoms with Gasteiger partial charge in [-0.2, -0.15) is 18.4 Å². The van der Waals surface area contributed by atoms with E-state index in [1.54, 1.807) is 6.92 Å². The van der Waals surface area contributed by atoms with Crippen molar-refractivity contribution in [2.75, 3.05) is 18.0 Å². The summed E-state index contributed by atoms with van der Waals surface area (Å²) in [6.45, 7) is 4.88. The van der Waals surface area contributed by atoms with Crippen LogP contribution in [-0.2, 0) is 6.18 Å². The third-order valence-corrected chi connectivity index (χ3v) is 4.26. The number of nitriles is 1. The SMILES string of the molecule is Cc1cc(N2CCC(Oc3ccc(C(F)(F)F)cn3)C2)c(C#N)c(C)n1. The van der Waals surface area contributed by atoms with Crippen molar-refractivity contribution in [3.05, 3.63) is 46.9 Å². The fourth-order valence-electron chi connectivity index (χ4n) is 3.03. The summed E-state index contributed by atoms with van der Waals surface area (Å²) in [7, 11) is 0. The minimum Gasteiger partial charge on any atom is -0.472 e. The lowest BCUT2D eigenvalue weighted by atomic mass is 10.1. The molecule has 2 aromatic rings. The highest BCUT2D eigenvalue weighted by Crippen LogP contribution is 2.30. The summed E-state index contributed by atoms with van der Waals surface area (Å²) in [6.07, 6.45) is -3.17. The molecule has 0 N–H and O–H groups in total. The van der Waals surface area contributed by atoms with Crippen LogP contribution < -0.4 is 9.64 Å². The average molecular weight is 362 g/mol. The molecular formula is C18H17F3N4O. The average Bonchev–Trinajstić information content (AvgIpc) is 3.02. The first kappa shape index (κ1) is 18.0. The molecule has 136 valence electrons. The van der Waals surface area contributed by atoms with Crippen molar-refractivity contribution in [1.82, 2.24) is 9.97 Å². The van der Waals surface area contributed by atoms with Gasteiger partial charge in [0.25, 0.3) is 0 Å². The number of nitrogens with zero attached hydrogens (tertiary/aromatic N) is 4. The number of hydrogen-bond acceptors (Lipinski definition) is 5. The molecule has 5 nitrogen and oxygen atoms in total. The molecule has 0 spiro atoms. The molecular weight excluding hydrogens is 345 g/mol. The molecule has 1 atom stereocenters. The number of rotatable bonds is 3. The molecule has 1 aliphatic rings. The minimum atomic E-state index is -4.42. The lowest BCUT2D eigenvalue weighted by Crippen LogP contribution is -2.26. The van der Waals surface area contributed by atoms with E-state index >= 15 is 0 Å². The normalized spacial score (nSPS) is 17.2. The van der Waals surface area contributed by atoms with Crippen molar-refractivity contribution in [3.8, 4) is 11.9 Å². The van der Waals surface area contributed by atoms with Gasteiger partial charge in [0.15, 0.2) is 0 Å². The van der Waals surface area contributed by atoms with Gasteiger partial charge in [-0.25, -0.2) is 4.98 Å². The summed E-state index contributed by atoms with van der Waals surface area (Å²) in [4.78, 5) is 10.1. The number of anilines is 1. The first-order valence-corrected chi connectivity index (χ1v) is 8.11. The van der Waals surface area contributed by atoms with Crippen molar-refractivity contribution in [2.45, 2.75) is 32.5 Å². The summed E-state index contributed by atoms with van der Waals surface area (Å²) in [5, 5.41) is 9.39. The van der Waals surface area contributed by atoms with Crippen LogP contribution in [0.25, 0.3) is 0 Å². The van der Waals surface area contributed by atoms with Crippen LogP contribution in [0, 0.1) is 25.2 Å². The van der Waals surface area contributed by atoms with Gasteiger partial charge in [-0.1, -0.05) is 0 Å². The van der Waals surface area contributed by atoms with Crippen LogP contribution in [0.15, 0.2) is 24.4 Å². The number of aromatic nitrogens is 2. The zero-order valence-corrected chi connectivity index (χ0v) is 14.3. The molecule has 3 rings (SSSR count). The maximum atomic E-state index is 12.6. The number of hydrogen-bond donors (Lipinski definition) is 0. The van der Waals surface area contributed by atoms with Crippen LogP contribution in [0.5, 0.6) is 5.88 Å². The predicted molar refractivity (Wildman–Crippen MR) is 88.9 cm³/mol. The molecule has 0 radical (unpaired) electrons. The van der Waals surface area contributed by atoms with Gasteiger partial charge < -0.3 is 9.64 Å². The van der Waals surface area contributed by atoms with Crippen molar-refractivity contribution in [2.24, 2.45) is 0 Å². The van der Waals surface area contributed by atoms with Gasteiger partial charge in [0, 0.05) is 30.9 Å². The molecule has 2 aromatic heterocycles. The highest BCUT2D eigenvalue weighted by molar-refractivity contribution is 5.62. The molecule has 8 heteroatoms. The Morgan fingerprint density at radius 2 is 2.08 bits per heavy atom. The maximum Gasteiger partial charge on any atom is 0.417 e. The van der Waals surface area contributed by atoms with E-state index in [2.05, 4.69) is 16.0 Å². The Labute approximate surface area is 149 Å². The Hall–Kier alpha value is -2.82. The van der Waals surface area contributed by atoms with E-state index in [0.29, 0.717) is 30.8 Å². The summed E-state index contributed by atoms with van der Waals surface area (Å²) in [5.41, 5.74) is 2.04. The van der Waals surface area contributed by atoms with Crippen LogP contribution in [0.4, 0.5) is 18.9 Å². The monoisotopic (exact) mass is 362 g/mol. The first-order valence-electron chi connectivity index (χ1n) is 8.11. The molecule has 0 saturated carbocycles. The van der Waals surface area contributed by atoms with Gasteiger partial charge in [0.2, 0.25) is 5.88 Å². The smallest absolute Gasteiger partial charge is 0.417 e. The Kier molecular flexibility index (Phi) is 4.72. The van der Waals surface area contributed by atoms with Crippen LogP contribution >= 0.6 is 0 Å². The van der Waals surface area contributed by atoms with E-state index in [0.717, 1.165) is 23.6 Å². The largest absolute Gasteiger partial charge is 0.472 e. The summed E-state index contributed by atoms with van der Waals surface area (Å²) in [6, 6.07) is 6.24. The molecule has 0 aliphatic carbocycles. The van der Waals surface area contributed by atoms with E-state index in [9.17, 15) is 18.4 Å². The summed E-state index contributed by atoms with van der Waals surface area (Å²) in [5.74, 6) is 0.160. The highest BCUT2D eigenvalue weighted by atomic mass is 19.4. The standard InChI is InChI=1S/C18H17F3N4O/c1-11-7-16(15(8-22)12(2)24-11)25-6-5-14(10-25)26-17-4-3-13(9-23-17)18(19,20)21/h3-4,7,9,14H,5-6,10H2,1-2H3. The van der Waals surface area contributed by atoms with E-state index in [1.807, 2.05) is 17.9 Å². The highest BCUT2D eigenvalue weighted by Gasteiger charge is 2.31. The third-order valence-electron chi connectivity index (χ3n) is 4.26. The van der Waals surface area contributed by atoms with Gasteiger partial charge >= 0.3 is 6.18 Å². The van der Waals surface area contributed by atoms with Gasteiger partial charge in [-0.15, -0.1) is 0 Å². The molecule has 1 saturated heterocycles. The van der Waals surface area contributed by atoms with Gasteiger partial charge in [0.1, 0.15) is 12.2 Å². The van der Waals surface area contributed by atoms with Crippen LogP contribution in [0.3, 0.4) is 0 Å². The zero-order valence-electron chi connectivity index (χ0n) is 14.3. The molecule has 26 heavy (non-hydrogen) atoms. The van der Waals surface area contributed by atoms with Crippen molar-refractivity contribution in [3.63, 3.8) is 0 Å². The second-order valence-corrected chi connectivity index (χ2v) is 6.21. The van der Waals surface area contributed by atoms with E-state index < -0.39 is 11.7 Å². The van der Waals surface area contributed by atoms with Crippen LogP contribution in [-0.4, -0.2) is 29.2 Å². The van der Waals surface area contributed by atoms with Gasteiger partial charge in [-0.05, 0) is 26.0 Å². The lowest BCUT2D eigenvalue weighted by Gasteiger charge is -2.21. The molecule has 1 fully saturated rings. The summed E-state index contributed by atoms with van der Waals surface area (Å²) >= 11 is 0. The molecule has 1 aliphatic heterocycles. The van der Waals surface area contributed by atoms with Crippen LogP contribution in [0.2, 0.25) is 0 Å². The predicted octanol–water partition coefficient (Wildman–Crippen LogP) is 3.64. The third kappa shape index (κ3) is 3.72. The van der Waals surface area contributed by atoms with E-state index in [4.69, 9.17) is 4.74 Å². The lowest BCUT2D eigenvalue weighted by molar-refractivity contribution is -0.137. The van der Waals surface area contributed by atoms with Crippen molar-refractivity contribution >= 4 is 5.69 Å². The molecule has 0 amide bonds. The molecule has 1 unspecified atom stereocenters. The van der Waals surface area contributed by atoms with E-state index in [1.165, 1.54) is 6.07 Å². The van der Waals surface area contributed by atoms with Crippen molar-refractivity contribution < 1.29 is 17.9 Å².